The smallest absolute Gasteiger partial charge is 0.123 e. The summed E-state index contributed by atoms with van der Waals surface area (Å²) in [4.78, 5) is 0. The Balaban J connectivity index is 1.44. The molecule has 1 aromatic heterocycles. The summed E-state index contributed by atoms with van der Waals surface area (Å²) in [5.41, 5.74) is 2.44. The molecule has 0 aliphatic carbocycles. The number of unbranched alkanes of at least 4 members (excludes halogenated alkanes) is 1. The SMILES string of the molecule is Fc1ccc(C2=CCNC(CCCCn3cc(Cl)cn3)C2)cc1. The van der Waals surface area contributed by atoms with Crippen LogP contribution in [0.4, 0.5) is 4.39 Å². The maximum absolute atomic E-state index is 13.0. The van der Waals surface area contributed by atoms with Gasteiger partial charge >= 0.3 is 0 Å². The van der Waals surface area contributed by atoms with Crippen LogP contribution in [-0.4, -0.2) is 22.4 Å². The van der Waals surface area contributed by atoms with Crippen molar-refractivity contribution in [3.05, 3.63) is 59.1 Å². The quantitative estimate of drug-likeness (QED) is 0.799. The van der Waals surface area contributed by atoms with E-state index in [9.17, 15) is 4.39 Å². The van der Waals surface area contributed by atoms with Gasteiger partial charge in [-0.25, -0.2) is 4.39 Å². The topological polar surface area (TPSA) is 29.9 Å². The number of hydrogen-bond donors (Lipinski definition) is 1. The molecule has 1 atom stereocenters. The molecule has 0 spiro atoms. The highest BCUT2D eigenvalue weighted by atomic mass is 35.5. The van der Waals surface area contributed by atoms with E-state index >= 15 is 0 Å². The fourth-order valence-electron chi connectivity index (χ4n) is 3.00. The molecule has 1 unspecified atom stereocenters. The van der Waals surface area contributed by atoms with Crippen molar-refractivity contribution in [3.8, 4) is 0 Å². The summed E-state index contributed by atoms with van der Waals surface area (Å²) >= 11 is 5.86. The third kappa shape index (κ3) is 4.66. The number of halogens is 2. The second-order valence-electron chi connectivity index (χ2n) is 5.96. The molecule has 0 saturated carbocycles. The van der Waals surface area contributed by atoms with Crippen LogP contribution in [0.5, 0.6) is 0 Å². The fraction of sp³-hybridized carbons (Fsp3) is 0.389. The Kier molecular flexibility index (Phi) is 5.47. The second kappa shape index (κ2) is 7.75. The minimum absolute atomic E-state index is 0.182. The Bertz CT molecular complexity index is 663. The van der Waals surface area contributed by atoms with Crippen molar-refractivity contribution >= 4 is 17.2 Å². The molecule has 2 heterocycles. The highest BCUT2D eigenvalue weighted by Crippen LogP contribution is 2.24. The molecular formula is C18H21ClFN3. The first-order valence-electron chi connectivity index (χ1n) is 8.07. The van der Waals surface area contributed by atoms with Crippen molar-refractivity contribution in [3.63, 3.8) is 0 Å². The highest BCUT2D eigenvalue weighted by molar-refractivity contribution is 6.30. The molecule has 0 saturated heterocycles. The lowest BCUT2D eigenvalue weighted by atomic mass is 9.93. The van der Waals surface area contributed by atoms with E-state index in [1.165, 1.54) is 17.7 Å². The molecule has 0 fully saturated rings. The molecule has 1 aliphatic heterocycles. The molecule has 3 rings (SSSR count). The van der Waals surface area contributed by atoms with Crippen LogP contribution in [0.15, 0.2) is 42.7 Å². The Morgan fingerprint density at radius 1 is 1.26 bits per heavy atom. The fourth-order valence-corrected chi connectivity index (χ4v) is 3.16. The van der Waals surface area contributed by atoms with E-state index in [-0.39, 0.29) is 5.82 Å². The van der Waals surface area contributed by atoms with E-state index in [4.69, 9.17) is 11.6 Å². The summed E-state index contributed by atoms with van der Waals surface area (Å²) in [6.45, 7) is 1.78. The van der Waals surface area contributed by atoms with Gasteiger partial charge in [0.1, 0.15) is 5.82 Å². The Hall–Kier alpha value is -1.65. The average molecular weight is 334 g/mol. The number of aryl methyl sites for hydroxylation is 1. The molecule has 0 bridgehead atoms. The van der Waals surface area contributed by atoms with Crippen LogP contribution >= 0.6 is 11.6 Å². The normalized spacial score (nSPS) is 18.0. The molecule has 1 aromatic carbocycles. The van der Waals surface area contributed by atoms with Crippen molar-refractivity contribution in [2.24, 2.45) is 0 Å². The zero-order valence-electron chi connectivity index (χ0n) is 13.0. The van der Waals surface area contributed by atoms with E-state index in [2.05, 4.69) is 16.5 Å². The summed E-state index contributed by atoms with van der Waals surface area (Å²) in [5.74, 6) is -0.182. The zero-order chi connectivity index (χ0) is 16.1. The first-order valence-corrected chi connectivity index (χ1v) is 8.45. The predicted octanol–water partition coefficient (Wildman–Crippen LogP) is 4.29. The number of benzene rings is 1. The number of nitrogens with zero attached hydrogens (tertiary/aromatic N) is 2. The molecule has 0 amide bonds. The van der Waals surface area contributed by atoms with Gasteiger partial charge in [0, 0.05) is 25.3 Å². The number of rotatable bonds is 6. The van der Waals surface area contributed by atoms with Gasteiger partial charge in [0.25, 0.3) is 0 Å². The third-order valence-corrected chi connectivity index (χ3v) is 4.42. The average Bonchev–Trinajstić information content (AvgIpc) is 2.98. The Morgan fingerprint density at radius 2 is 2.09 bits per heavy atom. The molecular weight excluding hydrogens is 313 g/mol. The third-order valence-electron chi connectivity index (χ3n) is 4.23. The van der Waals surface area contributed by atoms with Crippen molar-refractivity contribution in [2.45, 2.75) is 38.3 Å². The van der Waals surface area contributed by atoms with E-state index in [0.717, 1.165) is 44.3 Å². The van der Waals surface area contributed by atoms with Crippen LogP contribution in [-0.2, 0) is 6.54 Å². The highest BCUT2D eigenvalue weighted by Gasteiger charge is 2.15. The lowest BCUT2D eigenvalue weighted by molar-refractivity contribution is 0.456. The molecule has 5 heteroatoms. The van der Waals surface area contributed by atoms with Gasteiger partial charge in [0.15, 0.2) is 0 Å². The molecule has 2 aromatic rings. The summed E-state index contributed by atoms with van der Waals surface area (Å²) < 4.78 is 14.9. The first-order chi connectivity index (χ1) is 11.2. The number of hydrogen-bond acceptors (Lipinski definition) is 2. The lowest BCUT2D eigenvalue weighted by Crippen LogP contribution is -2.32. The van der Waals surface area contributed by atoms with Crippen LogP contribution in [0.3, 0.4) is 0 Å². The van der Waals surface area contributed by atoms with Crippen LogP contribution in [0.1, 0.15) is 31.2 Å². The maximum Gasteiger partial charge on any atom is 0.123 e. The van der Waals surface area contributed by atoms with E-state index < -0.39 is 0 Å². The van der Waals surface area contributed by atoms with E-state index in [0.29, 0.717) is 11.1 Å². The van der Waals surface area contributed by atoms with Gasteiger partial charge in [0.05, 0.1) is 11.2 Å². The summed E-state index contributed by atoms with van der Waals surface area (Å²) in [6.07, 6.45) is 10.1. The Morgan fingerprint density at radius 3 is 2.83 bits per heavy atom. The number of aromatic nitrogens is 2. The molecule has 1 aliphatic rings. The van der Waals surface area contributed by atoms with E-state index in [1.54, 1.807) is 6.20 Å². The predicted molar refractivity (Wildman–Crippen MR) is 91.9 cm³/mol. The van der Waals surface area contributed by atoms with Crippen LogP contribution in [0, 0.1) is 5.82 Å². The minimum atomic E-state index is -0.182. The molecule has 122 valence electrons. The Labute approximate surface area is 141 Å². The van der Waals surface area contributed by atoms with Crippen LogP contribution in [0.2, 0.25) is 5.02 Å². The standard InChI is InChI=1S/C18H21ClFN3/c19-16-12-22-23(13-16)10-2-1-3-18-11-15(8-9-21-18)14-4-6-17(20)7-5-14/h4-8,12-13,18,21H,1-3,9-11H2. The van der Waals surface area contributed by atoms with Gasteiger partial charge in [-0.05, 0) is 42.5 Å². The molecule has 0 radical (unpaired) electrons. The molecule has 1 N–H and O–H groups in total. The summed E-state index contributed by atoms with van der Waals surface area (Å²) in [6, 6.07) is 7.28. The summed E-state index contributed by atoms with van der Waals surface area (Å²) in [5, 5.41) is 8.42. The van der Waals surface area contributed by atoms with E-state index in [1.807, 2.05) is 23.0 Å². The first kappa shape index (κ1) is 16.2. The monoisotopic (exact) mass is 333 g/mol. The molecule has 3 nitrogen and oxygen atoms in total. The van der Waals surface area contributed by atoms with Crippen LogP contribution < -0.4 is 5.32 Å². The van der Waals surface area contributed by atoms with Gasteiger partial charge < -0.3 is 5.32 Å². The van der Waals surface area contributed by atoms with Gasteiger partial charge in [-0.1, -0.05) is 36.2 Å². The van der Waals surface area contributed by atoms with Gasteiger partial charge in [-0.2, -0.15) is 5.10 Å². The lowest BCUT2D eigenvalue weighted by Gasteiger charge is -2.24. The maximum atomic E-state index is 13.0. The zero-order valence-corrected chi connectivity index (χ0v) is 13.8. The van der Waals surface area contributed by atoms with Crippen molar-refractivity contribution in [2.75, 3.05) is 6.54 Å². The minimum Gasteiger partial charge on any atom is -0.310 e. The largest absolute Gasteiger partial charge is 0.310 e. The van der Waals surface area contributed by atoms with Crippen molar-refractivity contribution in [1.82, 2.24) is 15.1 Å². The summed E-state index contributed by atoms with van der Waals surface area (Å²) in [7, 11) is 0. The number of nitrogens with one attached hydrogen (secondary N) is 1. The van der Waals surface area contributed by atoms with Gasteiger partial charge in [-0.3, -0.25) is 4.68 Å². The van der Waals surface area contributed by atoms with Crippen molar-refractivity contribution < 1.29 is 4.39 Å². The van der Waals surface area contributed by atoms with Crippen molar-refractivity contribution in [1.29, 1.82) is 0 Å². The van der Waals surface area contributed by atoms with Crippen LogP contribution in [0.25, 0.3) is 5.57 Å². The van der Waals surface area contributed by atoms with Gasteiger partial charge in [-0.15, -0.1) is 0 Å². The molecule has 23 heavy (non-hydrogen) atoms. The second-order valence-corrected chi connectivity index (χ2v) is 6.40. The van der Waals surface area contributed by atoms with Gasteiger partial charge in [0.2, 0.25) is 0 Å².